The first kappa shape index (κ1) is 20.2. The third-order valence-electron chi connectivity index (χ3n) is 6.93. The molecular weight excluding hydrogens is 396 g/mol. The van der Waals surface area contributed by atoms with Crippen LogP contribution in [0.4, 0.5) is 0 Å². The average molecular weight is 425 g/mol. The van der Waals surface area contributed by atoms with E-state index < -0.39 is 10.0 Å². The third-order valence-corrected chi connectivity index (χ3v) is 9.47. The minimum absolute atomic E-state index is 0.0102. The summed E-state index contributed by atoms with van der Waals surface area (Å²) in [5, 5.41) is 3.46. The summed E-state index contributed by atoms with van der Waals surface area (Å²) in [6.45, 7) is 4.30. The maximum atomic E-state index is 13.1. The molecule has 4 aliphatic carbocycles. The van der Waals surface area contributed by atoms with Gasteiger partial charge >= 0.3 is 0 Å². The maximum Gasteiger partial charge on any atom is 0.251 e. The Kier molecular flexibility index (Phi) is 5.26. The fraction of sp³-hybridized carbons (Fsp3) is 0.667. The van der Waals surface area contributed by atoms with E-state index in [9.17, 15) is 13.2 Å². The van der Waals surface area contributed by atoms with Gasteiger partial charge in [0.15, 0.2) is 0 Å². The Bertz CT molecular complexity index is 844. The van der Waals surface area contributed by atoms with Crippen molar-refractivity contribution in [1.82, 2.24) is 9.62 Å². The molecule has 5 rings (SSSR count). The predicted octanol–water partition coefficient (Wildman–Crippen LogP) is 4.07. The first-order chi connectivity index (χ1) is 13.3. The lowest BCUT2D eigenvalue weighted by Gasteiger charge is -2.56. The molecule has 1 amide bonds. The lowest BCUT2D eigenvalue weighted by atomic mass is 9.53. The van der Waals surface area contributed by atoms with E-state index in [0.29, 0.717) is 18.7 Å². The number of carbonyl (C=O) groups excluding carboxylic acids is 1. The first-order valence-electron chi connectivity index (χ1n) is 10.4. The van der Waals surface area contributed by atoms with Crippen molar-refractivity contribution >= 4 is 27.5 Å². The monoisotopic (exact) mass is 424 g/mol. The van der Waals surface area contributed by atoms with Crippen LogP contribution in [0.1, 0.15) is 62.7 Å². The molecule has 1 aromatic rings. The molecule has 0 spiro atoms. The standard InChI is InChI=1S/C21H29ClN2O3S/c1-3-24(4-2)28(26,27)19-10-17(5-6-18(19)22)20(25)23-21-11-14-7-15(12-21)9-16(8-14)13-21/h5-6,10,14-16H,3-4,7-9,11-13H2,1-2H3,(H,23,25). The fourth-order valence-electron chi connectivity index (χ4n) is 6.12. The van der Waals surface area contributed by atoms with Gasteiger partial charge in [-0.3, -0.25) is 4.79 Å². The van der Waals surface area contributed by atoms with Gasteiger partial charge in [-0.15, -0.1) is 0 Å². The largest absolute Gasteiger partial charge is 0.347 e. The Morgan fingerprint density at radius 3 is 2.14 bits per heavy atom. The third kappa shape index (κ3) is 3.48. The summed E-state index contributed by atoms with van der Waals surface area (Å²) >= 11 is 6.21. The van der Waals surface area contributed by atoms with Gasteiger partial charge in [-0.25, -0.2) is 8.42 Å². The SMILES string of the molecule is CCN(CC)S(=O)(=O)c1cc(C(=O)NC23CC4CC(CC(C4)C2)C3)ccc1Cl. The van der Waals surface area contributed by atoms with Crippen molar-refractivity contribution in [2.24, 2.45) is 17.8 Å². The predicted molar refractivity (Wildman–Crippen MR) is 110 cm³/mol. The van der Waals surface area contributed by atoms with Gasteiger partial charge in [0.25, 0.3) is 5.91 Å². The van der Waals surface area contributed by atoms with Crippen molar-refractivity contribution in [2.45, 2.75) is 62.8 Å². The van der Waals surface area contributed by atoms with Gasteiger partial charge in [0.05, 0.1) is 5.02 Å². The molecule has 0 unspecified atom stereocenters. The van der Waals surface area contributed by atoms with Crippen molar-refractivity contribution in [3.05, 3.63) is 28.8 Å². The van der Waals surface area contributed by atoms with Crippen LogP contribution in [0.5, 0.6) is 0 Å². The quantitative estimate of drug-likeness (QED) is 0.748. The van der Waals surface area contributed by atoms with Gasteiger partial charge in [-0.05, 0) is 74.5 Å². The van der Waals surface area contributed by atoms with Crippen LogP contribution in [0.2, 0.25) is 5.02 Å². The summed E-state index contributed by atoms with van der Waals surface area (Å²) in [4.78, 5) is 13.1. The molecule has 7 heteroatoms. The Hall–Kier alpha value is -1.11. The summed E-state index contributed by atoms with van der Waals surface area (Å²) in [5.74, 6) is 2.01. The molecule has 4 aliphatic rings. The number of amides is 1. The molecule has 0 aliphatic heterocycles. The zero-order valence-corrected chi connectivity index (χ0v) is 18.2. The number of nitrogens with one attached hydrogen (secondary N) is 1. The van der Waals surface area contributed by atoms with Crippen LogP contribution in [0.15, 0.2) is 23.1 Å². The van der Waals surface area contributed by atoms with Gasteiger partial charge in [-0.2, -0.15) is 4.31 Å². The smallest absolute Gasteiger partial charge is 0.251 e. The van der Waals surface area contributed by atoms with Gasteiger partial charge in [-0.1, -0.05) is 25.4 Å². The number of nitrogens with zero attached hydrogens (tertiary/aromatic N) is 1. The molecule has 5 nitrogen and oxygen atoms in total. The number of benzene rings is 1. The summed E-state index contributed by atoms with van der Waals surface area (Å²) in [5.41, 5.74) is 0.259. The second-order valence-corrected chi connectivity index (χ2v) is 11.2. The van der Waals surface area contributed by atoms with Gasteiger partial charge in [0.2, 0.25) is 10.0 Å². The van der Waals surface area contributed by atoms with Gasteiger partial charge in [0.1, 0.15) is 4.90 Å². The van der Waals surface area contributed by atoms with E-state index in [1.54, 1.807) is 19.9 Å². The molecule has 0 aromatic heterocycles. The Labute approximate surface area is 172 Å². The molecule has 4 saturated carbocycles. The highest BCUT2D eigenvalue weighted by atomic mass is 35.5. The van der Waals surface area contributed by atoms with Gasteiger partial charge < -0.3 is 5.32 Å². The van der Waals surface area contributed by atoms with Crippen LogP contribution in [0.25, 0.3) is 0 Å². The molecule has 28 heavy (non-hydrogen) atoms. The van der Waals surface area contributed by atoms with Crippen molar-refractivity contribution in [1.29, 1.82) is 0 Å². The van der Waals surface area contributed by atoms with Crippen LogP contribution in [0.3, 0.4) is 0 Å². The minimum Gasteiger partial charge on any atom is -0.347 e. The molecule has 0 saturated heterocycles. The zero-order chi connectivity index (χ0) is 20.1. The molecule has 4 bridgehead atoms. The zero-order valence-electron chi connectivity index (χ0n) is 16.6. The number of rotatable bonds is 6. The highest BCUT2D eigenvalue weighted by Crippen LogP contribution is 2.55. The number of halogens is 1. The van der Waals surface area contributed by atoms with Crippen LogP contribution in [-0.2, 0) is 10.0 Å². The second-order valence-electron chi connectivity index (χ2n) is 8.89. The van der Waals surface area contributed by atoms with E-state index in [4.69, 9.17) is 11.6 Å². The lowest BCUT2D eigenvalue weighted by Crippen LogP contribution is -2.59. The van der Waals surface area contributed by atoms with Crippen LogP contribution >= 0.6 is 11.6 Å². The van der Waals surface area contributed by atoms with E-state index in [-0.39, 0.29) is 21.4 Å². The number of hydrogen-bond donors (Lipinski definition) is 1. The number of sulfonamides is 1. The van der Waals surface area contributed by atoms with E-state index in [1.807, 2.05) is 0 Å². The molecule has 0 heterocycles. The van der Waals surface area contributed by atoms with Crippen molar-refractivity contribution in [2.75, 3.05) is 13.1 Å². The Morgan fingerprint density at radius 1 is 1.11 bits per heavy atom. The van der Waals surface area contributed by atoms with Crippen molar-refractivity contribution < 1.29 is 13.2 Å². The van der Waals surface area contributed by atoms with E-state index in [0.717, 1.165) is 37.0 Å². The summed E-state index contributed by atoms with van der Waals surface area (Å²) in [6.07, 6.45) is 7.10. The molecule has 0 radical (unpaired) electrons. The summed E-state index contributed by atoms with van der Waals surface area (Å²) in [6, 6.07) is 4.58. The molecule has 0 atom stereocenters. The van der Waals surface area contributed by atoms with Crippen LogP contribution in [-0.4, -0.2) is 37.3 Å². The topological polar surface area (TPSA) is 66.5 Å². The van der Waals surface area contributed by atoms with Crippen molar-refractivity contribution in [3.63, 3.8) is 0 Å². The molecular formula is C21H29ClN2O3S. The summed E-state index contributed by atoms with van der Waals surface area (Å²) < 4.78 is 27.2. The van der Waals surface area contributed by atoms with E-state index in [1.165, 1.54) is 35.7 Å². The molecule has 1 aromatic carbocycles. The maximum absolute atomic E-state index is 13.1. The van der Waals surface area contributed by atoms with Crippen molar-refractivity contribution in [3.8, 4) is 0 Å². The Morgan fingerprint density at radius 2 is 1.64 bits per heavy atom. The van der Waals surface area contributed by atoms with Crippen LogP contribution < -0.4 is 5.32 Å². The molecule has 154 valence electrons. The Balaban J connectivity index is 1.59. The first-order valence-corrected chi connectivity index (χ1v) is 12.2. The van der Waals surface area contributed by atoms with E-state index in [2.05, 4.69) is 5.32 Å². The number of carbonyl (C=O) groups is 1. The highest BCUT2D eigenvalue weighted by Gasteiger charge is 2.51. The average Bonchev–Trinajstić information content (AvgIpc) is 2.61. The minimum atomic E-state index is -3.72. The second kappa shape index (κ2) is 7.29. The fourth-order valence-corrected chi connectivity index (χ4v) is 8.08. The highest BCUT2D eigenvalue weighted by molar-refractivity contribution is 7.89. The van der Waals surface area contributed by atoms with Gasteiger partial charge in [0, 0.05) is 24.2 Å². The molecule has 1 N–H and O–H groups in total. The van der Waals surface area contributed by atoms with E-state index >= 15 is 0 Å². The normalized spacial score (nSPS) is 31.4. The summed E-state index contributed by atoms with van der Waals surface area (Å²) in [7, 11) is -3.72. The lowest BCUT2D eigenvalue weighted by molar-refractivity contribution is -0.0167. The van der Waals surface area contributed by atoms with Crippen LogP contribution in [0, 0.1) is 17.8 Å². The number of hydrogen-bond acceptors (Lipinski definition) is 3. The molecule has 4 fully saturated rings.